The number of ether oxygens (including phenoxy) is 1. The van der Waals surface area contributed by atoms with Crippen molar-refractivity contribution in [3.63, 3.8) is 0 Å². The zero-order valence-electron chi connectivity index (χ0n) is 9.76. The Morgan fingerprint density at radius 1 is 1.10 bits per heavy atom. The molecule has 0 bridgehead atoms. The number of rotatable bonds is 3. The molecule has 0 spiro atoms. The van der Waals surface area contributed by atoms with Crippen LogP contribution in [0.1, 0.15) is 16.1 Å². The van der Waals surface area contributed by atoms with Gasteiger partial charge in [-0.2, -0.15) is 13.2 Å². The first-order valence-corrected chi connectivity index (χ1v) is 5.27. The highest BCUT2D eigenvalue weighted by atomic mass is 19.4. The van der Waals surface area contributed by atoms with Crippen LogP contribution in [-0.2, 0) is 6.18 Å². The number of aromatic carboxylic acids is 1. The predicted octanol–water partition coefficient (Wildman–Crippen LogP) is 2.99. The van der Waals surface area contributed by atoms with Crippen molar-refractivity contribution in [3.8, 4) is 11.6 Å². The summed E-state index contributed by atoms with van der Waals surface area (Å²) in [5.41, 5.74) is -1.05. The van der Waals surface area contributed by atoms with Gasteiger partial charge in [-0.3, -0.25) is 0 Å². The van der Waals surface area contributed by atoms with E-state index in [1.165, 1.54) is 0 Å². The number of alkyl halides is 3. The Hall–Kier alpha value is -2.64. The van der Waals surface area contributed by atoms with E-state index in [4.69, 9.17) is 9.84 Å². The third kappa shape index (κ3) is 3.22. The average molecular weight is 284 g/mol. The van der Waals surface area contributed by atoms with E-state index in [0.717, 1.165) is 36.7 Å². The molecule has 20 heavy (non-hydrogen) atoms. The lowest BCUT2D eigenvalue weighted by Gasteiger charge is -2.08. The number of aromatic nitrogens is 2. The van der Waals surface area contributed by atoms with E-state index in [1.54, 1.807) is 0 Å². The Bertz CT molecular complexity index is 609. The van der Waals surface area contributed by atoms with Crippen LogP contribution in [0.4, 0.5) is 13.2 Å². The largest absolute Gasteiger partial charge is 0.476 e. The summed E-state index contributed by atoms with van der Waals surface area (Å²) in [4.78, 5) is 17.8. The molecule has 0 aliphatic rings. The van der Waals surface area contributed by atoms with Gasteiger partial charge in [0, 0.05) is 0 Å². The highest BCUT2D eigenvalue weighted by Gasteiger charge is 2.30. The maximum atomic E-state index is 12.3. The van der Waals surface area contributed by atoms with Gasteiger partial charge in [-0.1, -0.05) is 0 Å². The van der Waals surface area contributed by atoms with Crippen LogP contribution in [0.25, 0.3) is 0 Å². The first kappa shape index (κ1) is 13.8. The molecule has 5 nitrogen and oxygen atoms in total. The van der Waals surface area contributed by atoms with E-state index in [1.807, 2.05) is 0 Å². The van der Waals surface area contributed by atoms with E-state index in [-0.39, 0.29) is 17.3 Å². The minimum absolute atomic E-state index is 0.0187. The number of benzene rings is 1. The summed E-state index contributed by atoms with van der Waals surface area (Å²) in [5, 5.41) is 8.62. The zero-order valence-corrected chi connectivity index (χ0v) is 9.76. The SMILES string of the molecule is O=C(O)c1cnc(Oc2ccc(C(F)(F)F)cc2)cn1. The third-order valence-corrected chi connectivity index (χ3v) is 2.25. The second-order valence-electron chi connectivity index (χ2n) is 3.67. The molecular weight excluding hydrogens is 277 g/mol. The standard InChI is InChI=1S/C12H7F3N2O3/c13-12(14,15)7-1-3-8(4-2-7)20-10-6-16-9(5-17-10)11(18)19/h1-6H,(H,18,19). The molecule has 2 aromatic rings. The molecule has 0 saturated heterocycles. The van der Waals surface area contributed by atoms with Crippen molar-refractivity contribution < 1.29 is 27.8 Å². The maximum Gasteiger partial charge on any atom is 0.416 e. The molecule has 0 atom stereocenters. The second kappa shape index (κ2) is 5.16. The molecule has 0 fully saturated rings. The van der Waals surface area contributed by atoms with Gasteiger partial charge in [0.1, 0.15) is 5.75 Å². The van der Waals surface area contributed by atoms with Gasteiger partial charge in [0.25, 0.3) is 0 Å². The molecule has 0 aliphatic carbocycles. The minimum Gasteiger partial charge on any atom is -0.476 e. The Kier molecular flexibility index (Phi) is 3.55. The molecule has 0 unspecified atom stereocenters. The van der Waals surface area contributed by atoms with Crippen LogP contribution in [0.15, 0.2) is 36.7 Å². The van der Waals surface area contributed by atoms with E-state index in [0.29, 0.717) is 0 Å². The van der Waals surface area contributed by atoms with E-state index < -0.39 is 17.7 Å². The van der Waals surface area contributed by atoms with Crippen LogP contribution in [0.2, 0.25) is 0 Å². The monoisotopic (exact) mass is 284 g/mol. The van der Waals surface area contributed by atoms with Crippen molar-refractivity contribution in [1.82, 2.24) is 9.97 Å². The molecule has 0 aliphatic heterocycles. The van der Waals surface area contributed by atoms with Gasteiger partial charge >= 0.3 is 12.1 Å². The van der Waals surface area contributed by atoms with Crippen molar-refractivity contribution in [2.24, 2.45) is 0 Å². The van der Waals surface area contributed by atoms with Crippen LogP contribution in [-0.4, -0.2) is 21.0 Å². The van der Waals surface area contributed by atoms with Crippen LogP contribution >= 0.6 is 0 Å². The lowest BCUT2D eigenvalue weighted by molar-refractivity contribution is -0.137. The van der Waals surface area contributed by atoms with E-state index >= 15 is 0 Å². The molecule has 104 valence electrons. The lowest BCUT2D eigenvalue weighted by atomic mass is 10.2. The number of nitrogens with zero attached hydrogens (tertiary/aromatic N) is 2. The van der Waals surface area contributed by atoms with Crippen LogP contribution in [0, 0.1) is 0 Å². The summed E-state index contributed by atoms with van der Waals surface area (Å²) in [6, 6.07) is 4.01. The second-order valence-corrected chi connectivity index (χ2v) is 3.67. The minimum atomic E-state index is -4.42. The molecule has 8 heteroatoms. The molecule has 0 saturated carbocycles. The van der Waals surface area contributed by atoms with Gasteiger partial charge in [0.15, 0.2) is 5.69 Å². The summed E-state index contributed by atoms with van der Waals surface area (Å²) < 4.78 is 42.2. The highest BCUT2D eigenvalue weighted by molar-refractivity contribution is 5.84. The van der Waals surface area contributed by atoms with Crippen molar-refractivity contribution >= 4 is 5.97 Å². The number of carboxylic acid groups (broad SMARTS) is 1. The van der Waals surface area contributed by atoms with Crippen molar-refractivity contribution in [3.05, 3.63) is 47.9 Å². The normalized spacial score (nSPS) is 11.2. The van der Waals surface area contributed by atoms with Crippen molar-refractivity contribution in [2.45, 2.75) is 6.18 Å². The number of hydrogen-bond donors (Lipinski definition) is 1. The van der Waals surface area contributed by atoms with Crippen molar-refractivity contribution in [1.29, 1.82) is 0 Å². The molecule has 2 rings (SSSR count). The molecule has 0 radical (unpaired) electrons. The Morgan fingerprint density at radius 3 is 2.20 bits per heavy atom. The number of hydrogen-bond acceptors (Lipinski definition) is 4. The molecule has 1 N–H and O–H groups in total. The van der Waals surface area contributed by atoms with E-state index in [2.05, 4.69) is 9.97 Å². The topological polar surface area (TPSA) is 72.3 Å². The summed E-state index contributed by atoms with van der Waals surface area (Å²) in [7, 11) is 0. The third-order valence-electron chi connectivity index (χ3n) is 2.25. The first-order valence-electron chi connectivity index (χ1n) is 5.27. The van der Waals surface area contributed by atoms with Crippen LogP contribution < -0.4 is 4.74 Å². The molecule has 0 amide bonds. The summed E-state index contributed by atoms with van der Waals surface area (Å²) >= 11 is 0. The number of halogens is 3. The fraction of sp³-hybridized carbons (Fsp3) is 0.0833. The van der Waals surface area contributed by atoms with Crippen LogP contribution in [0.3, 0.4) is 0 Å². The fourth-order valence-electron chi connectivity index (χ4n) is 1.31. The van der Waals surface area contributed by atoms with Gasteiger partial charge in [-0.15, -0.1) is 0 Å². The predicted molar refractivity (Wildman–Crippen MR) is 60.5 cm³/mol. The highest BCUT2D eigenvalue weighted by Crippen LogP contribution is 2.30. The Morgan fingerprint density at radius 2 is 1.75 bits per heavy atom. The molecule has 1 aromatic carbocycles. The maximum absolute atomic E-state index is 12.3. The summed E-state index contributed by atoms with van der Waals surface area (Å²) in [6.07, 6.45) is -2.36. The van der Waals surface area contributed by atoms with Gasteiger partial charge in [-0.25, -0.2) is 14.8 Å². The Balaban J connectivity index is 2.12. The van der Waals surface area contributed by atoms with E-state index in [9.17, 15) is 18.0 Å². The first-order chi connectivity index (χ1) is 9.36. The molecule has 1 aromatic heterocycles. The summed E-state index contributed by atoms with van der Waals surface area (Å²) in [6.45, 7) is 0. The molecule has 1 heterocycles. The Labute approximate surface area is 110 Å². The van der Waals surface area contributed by atoms with Crippen molar-refractivity contribution in [2.75, 3.05) is 0 Å². The number of carboxylic acids is 1. The fourth-order valence-corrected chi connectivity index (χ4v) is 1.31. The van der Waals surface area contributed by atoms with Gasteiger partial charge < -0.3 is 9.84 Å². The van der Waals surface area contributed by atoms with Crippen LogP contribution in [0.5, 0.6) is 11.6 Å². The zero-order chi connectivity index (χ0) is 14.8. The quantitative estimate of drug-likeness (QED) is 0.938. The average Bonchev–Trinajstić information content (AvgIpc) is 2.39. The van der Waals surface area contributed by atoms with Gasteiger partial charge in [0.05, 0.1) is 18.0 Å². The molecular formula is C12H7F3N2O3. The lowest BCUT2D eigenvalue weighted by Crippen LogP contribution is -2.04. The smallest absolute Gasteiger partial charge is 0.416 e. The number of carbonyl (C=O) groups is 1. The van der Waals surface area contributed by atoms with Gasteiger partial charge in [0.2, 0.25) is 5.88 Å². The summed E-state index contributed by atoms with van der Waals surface area (Å²) in [5.74, 6) is -1.12. The van der Waals surface area contributed by atoms with Gasteiger partial charge in [-0.05, 0) is 24.3 Å².